The Kier molecular flexibility index (Phi) is 6.04. The second-order valence-electron chi connectivity index (χ2n) is 5.12. The normalized spacial score (nSPS) is 12.2. The third-order valence-electron chi connectivity index (χ3n) is 3.65. The molecule has 0 spiro atoms. The molecule has 0 aromatic heterocycles. The van der Waals surface area contributed by atoms with Gasteiger partial charge in [0, 0.05) is 19.0 Å². The van der Waals surface area contributed by atoms with Crippen LogP contribution in [0.25, 0.3) is 0 Å². The van der Waals surface area contributed by atoms with Crippen LogP contribution < -0.4 is 15.8 Å². The summed E-state index contributed by atoms with van der Waals surface area (Å²) < 4.78 is 41.1. The van der Waals surface area contributed by atoms with Crippen molar-refractivity contribution in [3.8, 4) is 0 Å². The lowest BCUT2D eigenvalue weighted by atomic mass is 9.95. The van der Waals surface area contributed by atoms with E-state index >= 15 is 0 Å². The lowest BCUT2D eigenvalue weighted by molar-refractivity contribution is -0.114. The zero-order valence-electron chi connectivity index (χ0n) is 12.9. The van der Waals surface area contributed by atoms with Gasteiger partial charge < -0.3 is 11.1 Å². The Hall–Kier alpha value is -1.51. The Morgan fingerprint density at radius 2 is 1.91 bits per heavy atom. The minimum atomic E-state index is -3.88. The van der Waals surface area contributed by atoms with Gasteiger partial charge in [-0.3, -0.25) is 4.79 Å². The fourth-order valence-corrected chi connectivity index (χ4v) is 3.61. The molecule has 0 radical (unpaired) electrons. The predicted octanol–water partition coefficient (Wildman–Crippen LogP) is 1.58. The van der Waals surface area contributed by atoms with Crippen LogP contribution >= 0.6 is 0 Å². The molecule has 0 saturated carbocycles. The Morgan fingerprint density at radius 1 is 1.32 bits per heavy atom. The monoisotopic (exact) mass is 331 g/mol. The van der Waals surface area contributed by atoms with Crippen LogP contribution in [0.1, 0.15) is 33.6 Å². The highest BCUT2D eigenvalue weighted by Gasteiger charge is 2.31. The number of halogens is 1. The van der Waals surface area contributed by atoms with Crippen molar-refractivity contribution in [3.05, 3.63) is 24.0 Å². The highest BCUT2D eigenvalue weighted by atomic mass is 32.2. The summed E-state index contributed by atoms with van der Waals surface area (Å²) in [5, 5.41) is 2.26. The lowest BCUT2D eigenvalue weighted by Gasteiger charge is -2.31. The molecule has 1 aromatic carbocycles. The van der Waals surface area contributed by atoms with Gasteiger partial charge in [-0.2, -0.15) is 0 Å². The van der Waals surface area contributed by atoms with Gasteiger partial charge in [0.15, 0.2) is 0 Å². The lowest BCUT2D eigenvalue weighted by Crippen LogP contribution is -2.52. The summed E-state index contributed by atoms with van der Waals surface area (Å²) in [6.45, 7) is 5.05. The number of nitrogens with two attached hydrogens (primary N) is 1. The summed E-state index contributed by atoms with van der Waals surface area (Å²) in [5.74, 6) is -1.19. The molecule has 0 fully saturated rings. The van der Waals surface area contributed by atoms with Crippen LogP contribution in [-0.4, -0.2) is 26.4 Å². The van der Waals surface area contributed by atoms with Crippen LogP contribution in [0.15, 0.2) is 23.1 Å². The van der Waals surface area contributed by atoms with Crippen molar-refractivity contribution in [1.29, 1.82) is 0 Å². The Labute approximate surface area is 130 Å². The maximum atomic E-state index is 13.6. The third-order valence-corrected chi connectivity index (χ3v) is 5.23. The summed E-state index contributed by atoms with van der Waals surface area (Å²) >= 11 is 0. The van der Waals surface area contributed by atoms with E-state index in [9.17, 15) is 17.6 Å². The Balaban J connectivity index is 3.20. The van der Waals surface area contributed by atoms with Gasteiger partial charge >= 0.3 is 0 Å². The van der Waals surface area contributed by atoms with E-state index < -0.39 is 27.3 Å². The quantitative estimate of drug-likeness (QED) is 0.706. The van der Waals surface area contributed by atoms with Gasteiger partial charge in [0.05, 0.1) is 10.6 Å². The molecule has 1 rings (SSSR count). The summed E-state index contributed by atoms with van der Waals surface area (Å²) in [4.78, 5) is 10.9. The summed E-state index contributed by atoms with van der Waals surface area (Å²) in [5.41, 5.74) is 4.76. The molecule has 4 N–H and O–H groups in total. The maximum absolute atomic E-state index is 13.6. The van der Waals surface area contributed by atoms with Crippen molar-refractivity contribution < 1.29 is 17.6 Å². The molecule has 0 aliphatic heterocycles. The molecule has 0 aliphatic carbocycles. The van der Waals surface area contributed by atoms with Crippen LogP contribution in [0, 0.1) is 5.82 Å². The highest BCUT2D eigenvalue weighted by Crippen LogP contribution is 2.22. The van der Waals surface area contributed by atoms with Gasteiger partial charge in [0.2, 0.25) is 15.9 Å². The molecule has 1 aromatic rings. The van der Waals surface area contributed by atoms with E-state index in [1.807, 2.05) is 13.8 Å². The van der Waals surface area contributed by atoms with E-state index in [1.165, 1.54) is 6.92 Å². The molecular weight excluding hydrogens is 309 g/mol. The summed E-state index contributed by atoms with van der Waals surface area (Å²) in [7, 11) is -3.88. The number of carbonyl (C=O) groups excluding carboxylic acids is 1. The zero-order valence-corrected chi connectivity index (χ0v) is 13.8. The van der Waals surface area contributed by atoms with E-state index in [1.54, 1.807) is 0 Å². The molecule has 8 heteroatoms. The van der Waals surface area contributed by atoms with Crippen LogP contribution in [0.4, 0.5) is 10.1 Å². The van der Waals surface area contributed by atoms with E-state index in [-0.39, 0.29) is 17.1 Å². The zero-order chi connectivity index (χ0) is 17.0. The molecule has 0 heterocycles. The molecule has 0 unspecified atom stereocenters. The smallest absolute Gasteiger partial charge is 0.241 e. The number of rotatable bonds is 7. The SMILES string of the molecule is CCC(CC)(CN)NS(=O)(=O)c1ccc(F)c(NC(C)=O)c1. The topological polar surface area (TPSA) is 101 Å². The average Bonchev–Trinajstić information content (AvgIpc) is 2.46. The summed E-state index contributed by atoms with van der Waals surface area (Å²) in [6.07, 6.45) is 1.05. The van der Waals surface area contributed by atoms with Crippen molar-refractivity contribution in [3.63, 3.8) is 0 Å². The standard InChI is InChI=1S/C14H22FN3O3S/c1-4-14(5-2,9-16)18-22(20,21)11-6-7-12(15)13(8-11)17-10(3)19/h6-8,18H,4-5,9,16H2,1-3H3,(H,17,19). The maximum Gasteiger partial charge on any atom is 0.241 e. The van der Waals surface area contributed by atoms with Gasteiger partial charge in [0.1, 0.15) is 5.82 Å². The first-order chi connectivity index (χ1) is 10.2. The fourth-order valence-electron chi connectivity index (χ4n) is 2.03. The van der Waals surface area contributed by atoms with Gasteiger partial charge in [-0.05, 0) is 31.0 Å². The molecule has 1 amide bonds. The van der Waals surface area contributed by atoms with Crippen LogP contribution in [0.5, 0.6) is 0 Å². The number of sulfonamides is 1. The minimum Gasteiger partial charge on any atom is -0.329 e. The first-order valence-electron chi connectivity index (χ1n) is 7.01. The van der Waals surface area contributed by atoms with Crippen molar-refractivity contribution in [2.45, 2.75) is 44.0 Å². The van der Waals surface area contributed by atoms with Crippen molar-refractivity contribution in [2.75, 3.05) is 11.9 Å². The molecule has 0 bridgehead atoms. The third kappa shape index (κ3) is 4.25. The first kappa shape index (κ1) is 18.5. The summed E-state index contributed by atoms with van der Waals surface area (Å²) in [6, 6.07) is 3.24. The number of amides is 1. The second-order valence-corrected chi connectivity index (χ2v) is 6.80. The largest absolute Gasteiger partial charge is 0.329 e. The number of carbonyl (C=O) groups is 1. The molecular formula is C14H22FN3O3S. The van der Waals surface area contributed by atoms with E-state index in [0.29, 0.717) is 12.8 Å². The predicted molar refractivity (Wildman–Crippen MR) is 83.4 cm³/mol. The first-order valence-corrected chi connectivity index (χ1v) is 8.49. The number of benzene rings is 1. The van der Waals surface area contributed by atoms with Gasteiger partial charge in [-0.25, -0.2) is 17.5 Å². The number of hydrogen-bond acceptors (Lipinski definition) is 4. The number of nitrogens with one attached hydrogen (secondary N) is 2. The van der Waals surface area contributed by atoms with Crippen molar-refractivity contribution in [2.24, 2.45) is 5.73 Å². The highest BCUT2D eigenvalue weighted by molar-refractivity contribution is 7.89. The molecule has 0 aliphatic rings. The number of anilines is 1. The van der Waals surface area contributed by atoms with Gasteiger partial charge in [-0.1, -0.05) is 13.8 Å². The Morgan fingerprint density at radius 3 is 2.36 bits per heavy atom. The molecule has 0 atom stereocenters. The molecule has 124 valence electrons. The van der Waals surface area contributed by atoms with Crippen molar-refractivity contribution >= 4 is 21.6 Å². The van der Waals surface area contributed by atoms with Crippen LogP contribution in [0.3, 0.4) is 0 Å². The van der Waals surface area contributed by atoms with Crippen LogP contribution in [-0.2, 0) is 14.8 Å². The second kappa shape index (κ2) is 7.17. The van der Waals surface area contributed by atoms with Crippen molar-refractivity contribution in [1.82, 2.24) is 4.72 Å². The number of hydrogen-bond donors (Lipinski definition) is 3. The minimum absolute atomic E-state index is 0.127. The molecule has 22 heavy (non-hydrogen) atoms. The van der Waals surface area contributed by atoms with Crippen LogP contribution in [0.2, 0.25) is 0 Å². The van der Waals surface area contributed by atoms with E-state index in [2.05, 4.69) is 10.0 Å². The van der Waals surface area contributed by atoms with Gasteiger partial charge in [-0.15, -0.1) is 0 Å². The molecule has 0 saturated heterocycles. The fraction of sp³-hybridized carbons (Fsp3) is 0.500. The van der Waals surface area contributed by atoms with Gasteiger partial charge in [0.25, 0.3) is 0 Å². The average molecular weight is 331 g/mol. The molecule has 6 nitrogen and oxygen atoms in total. The Bertz CT molecular complexity index is 634. The van der Waals surface area contributed by atoms with E-state index in [0.717, 1.165) is 18.2 Å². The van der Waals surface area contributed by atoms with E-state index in [4.69, 9.17) is 5.73 Å².